The van der Waals surface area contributed by atoms with Crippen molar-refractivity contribution < 1.29 is 0 Å². The van der Waals surface area contributed by atoms with Crippen LogP contribution in [-0.4, -0.2) is 10.2 Å². The smallest absolute Gasteiger partial charge is 0.305 e. The predicted octanol–water partition coefficient (Wildman–Crippen LogP) is 4.74. The second-order valence-corrected chi connectivity index (χ2v) is 9.37. The number of benzene rings is 1. The maximum atomic E-state index is 11.9. The zero-order valence-corrected chi connectivity index (χ0v) is 14.3. The summed E-state index contributed by atoms with van der Waals surface area (Å²) in [7, 11) is 0. The second kappa shape index (κ2) is 4.89. The Balaban J connectivity index is 1.68. The SMILES string of the molecule is O=c1[nH]c2c(s1)[C@@H](c1ccc(Cl)cc1)[C@H]1[C@@H]3CC[C@H](C3)[C@H]1S2. The molecule has 0 spiro atoms. The molecule has 2 nitrogen and oxygen atoms in total. The fourth-order valence-corrected chi connectivity index (χ4v) is 7.91. The van der Waals surface area contributed by atoms with E-state index in [4.69, 9.17) is 11.6 Å². The van der Waals surface area contributed by atoms with Crippen molar-refractivity contribution in [3.05, 3.63) is 49.4 Å². The van der Waals surface area contributed by atoms with Gasteiger partial charge in [-0.2, -0.15) is 0 Å². The third kappa shape index (κ3) is 1.90. The van der Waals surface area contributed by atoms with Crippen LogP contribution in [0.15, 0.2) is 34.1 Å². The number of aromatic nitrogens is 1. The number of hydrogen-bond acceptors (Lipinski definition) is 3. The summed E-state index contributed by atoms with van der Waals surface area (Å²) in [6.07, 6.45) is 4.12. The molecular formula is C17H16ClNOS2. The van der Waals surface area contributed by atoms with Gasteiger partial charge < -0.3 is 4.98 Å². The molecule has 2 aliphatic carbocycles. The number of H-pyrrole nitrogens is 1. The lowest BCUT2D eigenvalue weighted by atomic mass is 9.75. The molecule has 0 amide bonds. The largest absolute Gasteiger partial charge is 0.307 e. The molecular weight excluding hydrogens is 334 g/mol. The van der Waals surface area contributed by atoms with Crippen LogP contribution in [-0.2, 0) is 0 Å². The number of thiazole rings is 1. The Morgan fingerprint density at radius 3 is 2.73 bits per heavy atom. The standard InChI is InChI=1S/C17H16ClNOS2/c18-11-5-3-8(4-6-11)12-13-9-1-2-10(7-9)14(13)21-16-15(12)22-17(20)19-16/h3-6,9-10,12-14H,1-2,7H2,(H,19,20)/t9-,10-,12+,13-,14-/m1/s1. The molecule has 114 valence electrons. The molecule has 2 fully saturated rings. The highest BCUT2D eigenvalue weighted by atomic mass is 35.5. The summed E-state index contributed by atoms with van der Waals surface area (Å²) in [6, 6.07) is 8.27. The number of nitrogens with one attached hydrogen (secondary N) is 1. The average Bonchev–Trinajstić information content (AvgIpc) is 3.19. The van der Waals surface area contributed by atoms with Crippen molar-refractivity contribution in [2.24, 2.45) is 17.8 Å². The number of fused-ring (bicyclic) bond motifs is 6. The molecule has 2 aromatic rings. The molecule has 1 aromatic carbocycles. The first kappa shape index (κ1) is 13.7. The molecule has 1 aromatic heterocycles. The van der Waals surface area contributed by atoms with Crippen LogP contribution in [0.3, 0.4) is 0 Å². The Labute approximate surface area is 142 Å². The van der Waals surface area contributed by atoms with E-state index < -0.39 is 0 Å². The van der Waals surface area contributed by atoms with E-state index >= 15 is 0 Å². The Morgan fingerprint density at radius 2 is 1.91 bits per heavy atom. The topological polar surface area (TPSA) is 32.9 Å². The fraction of sp³-hybridized carbons (Fsp3) is 0.471. The number of hydrogen-bond donors (Lipinski definition) is 1. The van der Waals surface area contributed by atoms with E-state index in [1.807, 2.05) is 23.9 Å². The van der Waals surface area contributed by atoms with Crippen LogP contribution < -0.4 is 4.87 Å². The number of rotatable bonds is 1. The van der Waals surface area contributed by atoms with Crippen molar-refractivity contribution in [3.8, 4) is 0 Å². The van der Waals surface area contributed by atoms with E-state index in [2.05, 4.69) is 17.1 Å². The highest BCUT2D eigenvalue weighted by Gasteiger charge is 2.54. The van der Waals surface area contributed by atoms with Crippen molar-refractivity contribution >= 4 is 34.7 Å². The van der Waals surface area contributed by atoms with Crippen LogP contribution in [0.5, 0.6) is 0 Å². The first-order chi connectivity index (χ1) is 10.7. The Hall–Kier alpha value is -0.710. The van der Waals surface area contributed by atoms with Gasteiger partial charge in [0.2, 0.25) is 0 Å². The lowest BCUT2D eigenvalue weighted by Gasteiger charge is -2.40. The van der Waals surface area contributed by atoms with E-state index in [1.54, 1.807) is 0 Å². The van der Waals surface area contributed by atoms with Crippen LogP contribution in [0.1, 0.15) is 35.6 Å². The molecule has 0 radical (unpaired) electrons. The lowest BCUT2D eigenvalue weighted by Crippen LogP contribution is -2.33. The van der Waals surface area contributed by atoms with Gasteiger partial charge in [-0.3, -0.25) is 4.79 Å². The van der Waals surface area contributed by atoms with Crippen molar-refractivity contribution in [2.45, 2.75) is 35.5 Å². The van der Waals surface area contributed by atoms with Gasteiger partial charge in [0.05, 0.1) is 5.03 Å². The Kier molecular flexibility index (Phi) is 3.05. The van der Waals surface area contributed by atoms with Gasteiger partial charge >= 0.3 is 4.87 Å². The van der Waals surface area contributed by atoms with Crippen LogP contribution in [0.25, 0.3) is 0 Å². The van der Waals surface area contributed by atoms with Gasteiger partial charge in [0.25, 0.3) is 0 Å². The highest BCUT2D eigenvalue weighted by Crippen LogP contribution is 2.63. The van der Waals surface area contributed by atoms with Crippen molar-refractivity contribution in [1.82, 2.24) is 4.98 Å². The van der Waals surface area contributed by atoms with Gasteiger partial charge in [-0.1, -0.05) is 35.1 Å². The predicted molar refractivity (Wildman–Crippen MR) is 92.2 cm³/mol. The van der Waals surface area contributed by atoms with Gasteiger partial charge in [0.15, 0.2) is 0 Å². The van der Waals surface area contributed by atoms with Gasteiger partial charge in [0, 0.05) is 21.1 Å². The molecule has 2 heterocycles. The second-order valence-electron chi connectivity index (χ2n) is 6.73. The molecule has 2 saturated carbocycles. The van der Waals surface area contributed by atoms with E-state index in [0.29, 0.717) is 17.1 Å². The lowest BCUT2D eigenvalue weighted by molar-refractivity contribution is 0.307. The summed E-state index contributed by atoms with van der Waals surface area (Å²) in [4.78, 5) is 16.3. The molecule has 5 atom stereocenters. The number of aromatic amines is 1. The van der Waals surface area contributed by atoms with Crippen LogP contribution in [0.4, 0.5) is 0 Å². The maximum absolute atomic E-state index is 11.9. The minimum atomic E-state index is 0.0868. The molecule has 0 saturated heterocycles. The maximum Gasteiger partial charge on any atom is 0.305 e. The van der Waals surface area contributed by atoms with E-state index in [9.17, 15) is 4.79 Å². The molecule has 1 N–H and O–H groups in total. The van der Waals surface area contributed by atoms with Gasteiger partial charge in [-0.15, -0.1) is 11.8 Å². The summed E-state index contributed by atoms with van der Waals surface area (Å²) in [5.41, 5.74) is 1.32. The fourth-order valence-electron chi connectivity index (χ4n) is 4.89. The average molecular weight is 350 g/mol. The van der Waals surface area contributed by atoms with Crippen molar-refractivity contribution in [1.29, 1.82) is 0 Å². The van der Waals surface area contributed by atoms with E-state index in [0.717, 1.165) is 21.9 Å². The Morgan fingerprint density at radius 1 is 1.14 bits per heavy atom. The molecule has 5 rings (SSSR count). The molecule has 5 heteroatoms. The van der Waals surface area contributed by atoms with E-state index in [1.165, 1.54) is 41.0 Å². The van der Waals surface area contributed by atoms with Crippen LogP contribution in [0, 0.1) is 17.8 Å². The quantitative estimate of drug-likeness (QED) is 0.806. The molecule has 1 aliphatic heterocycles. The van der Waals surface area contributed by atoms with Crippen LogP contribution >= 0.6 is 34.7 Å². The summed E-state index contributed by atoms with van der Waals surface area (Å²) >= 11 is 9.42. The normalized spacial score (nSPS) is 35.4. The van der Waals surface area contributed by atoms with Crippen molar-refractivity contribution in [3.63, 3.8) is 0 Å². The van der Waals surface area contributed by atoms with Crippen LogP contribution in [0.2, 0.25) is 5.02 Å². The van der Waals surface area contributed by atoms with Gasteiger partial charge in [-0.05, 0) is 54.7 Å². The Bertz CT molecular complexity index is 781. The molecule has 22 heavy (non-hydrogen) atoms. The zero-order valence-electron chi connectivity index (χ0n) is 11.9. The first-order valence-electron chi connectivity index (χ1n) is 7.86. The third-order valence-electron chi connectivity index (χ3n) is 5.69. The van der Waals surface area contributed by atoms with Gasteiger partial charge in [0.1, 0.15) is 0 Å². The van der Waals surface area contributed by atoms with Crippen molar-refractivity contribution in [2.75, 3.05) is 0 Å². The summed E-state index contributed by atoms with van der Waals surface area (Å²) < 4.78 is 0. The molecule has 0 unspecified atom stereocenters. The summed E-state index contributed by atoms with van der Waals surface area (Å²) in [6.45, 7) is 0. The highest BCUT2D eigenvalue weighted by molar-refractivity contribution is 8.00. The van der Waals surface area contributed by atoms with E-state index in [-0.39, 0.29) is 4.87 Å². The third-order valence-corrected chi connectivity index (χ3v) is 8.57. The zero-order chi connectivity index (χ0) is 14.8. The summed E-state index contributed by atoms with van der Waals surface area (Å²) in [5.74, 6) is 2.72. The number of halogens is 1. The first-order valence-corrected chi connectivity index (χ1v) is 9.93. The van der Waals surface area contributed by atoms with Gasteiger partial charge in [-0.25, -0.2) is 0 Å². The minimum Gasteiger partial charge on any atom is -0.307 e. The minimum absolute atomic E-state index is 0.0868. The monoisotopic (exact) mass is 349 g/mol. The summed E-state index contributed by atoms with van der Waals surface area (Å²) in [5, 5.41) is 2.59. The molecule has 2 bridgehead atoms. The molecule has 3 aliphatic rings. The number of thioether (sulfide) groups is 1.